The number of amides is 1. The Morgan fingerprint density at radius 2 is 2.00 bits per heavy atom. The highest BCUT2D eigenvalue weighted by Crippen LogP contribution is 2.25. The average Bonchev–Trinajstić information content (AvgIpc) is 3.01. The van der Waals surface area contributed by atoms with Crippen molar-refractivity contribution in [2.75, 3.05) is 10.0 Å². The molecule has 0 radical (unpaired) electrons. The van der Waals surface area contributed by atoms with E-state index in [1.165, 1.54) is 18.0 Å². The van der Waals surface area contributed by atoms with Gasteiger partial charge < -0.3 is 14.6 Å². The smallest absolute Gasteiger partial charge is 0.277 e. The van der Waals surface area contributed by atoms with Crippen LogP contribution in [0.2, 0.25) is 0 Å². The third-order valence-electron chi connectivity index (χ3n) is 3.11. The summed E-state index contributed by atoms with van der Waals surface area (Å²) in [6.07, 6.45) is 0. The lowest BCUT2D eigenvalue weighted by Gasteiger charge is -2.08. The number of nitrogens with zero attached hydrogens (tertiary/aromatic N) is 1. The Morgan fingerprint density at radius 3 is 2.75 bits per heavy atom. The van der Waals surface area contributed by atoms with Crippen LogP contribution in [0.3, 0.4) is 0 Å². The van der Waals surface area contributed by atoms with Gasteiger partial charge in [-0.25, -0.2) is 4.39 Å². The topological polar surface area (TPSA) is 67.2 Å². The van der Waals surface area contributed by atoms with Crippen molar-refractivity contribution in [3.63, 3.8) is 0 Å². The fraction of sp³-hybridized carbons (Fsp3) is 0.0588. The summed E-state index contributed by atoms with van der Waals surface area (Å²) in [5.74, 6) is -0.106. The number of halogens is 1. The van der Waals surface area contributed by atoms with Gasteiger partial charge in [0.1, 0.15) is 11.6 Å². The van der Waals surface area contributed by atoms with E-state index < -0.39 is 0 Å². The lowest BCUT2D eigenvalue weighted by molar-refractivity contribution is 0.101. The zero-order valence-electron chi connectivity index (χ0n) is 12.7. The first-order valence-electron chi connectivity index (χ1n) is 7.14. The standard InChI is InChI=1S/C17H14FN3O2S/c1-11-9-16(20-23-11)17(22)19-12-5-4-6-13(10-12)24-21-15-8-3-2-7-14(15)18/h2-10,21H,1H3,(H,19,22). The molecule has 1 amide bonds. The van der Waals surface area contributed by atoms with Gasteiger partial charge in [-0.3, -0.25) is 4.79 Å². The number of aryl methyl sites for hydroxylation is 1. The zero-order chi connectivity index (χ0) is 16.9. The van der Waals surface area contributed by atoms with Crippen molar-refractivity contribution in [3.05, 3.63) is 71.9 Å². The molecule has 0 bridgehead atoms. The largest absolute Gasteiger partial charge is 0.361 e. The molecule has 1 aromatic heterocycles. The summed E-state index contributed by atoms with van der Waals surface area (Å²) < 4.78 is 21.4. The summed E-state index contributed by atoms with van der Waals surface area (Å²) in [5.41, 5.74) is 1.23. The van der Waals surface area contributed by atoms with Crippen molar-refractivity contribution >= 4 is 29.2 Å². The van der Waals surface area contributed by atoms with E-state index in [4.69, 9.17) is 4.52 Å². The first-order valence-corrected chi connectivity index (χ1v) is 7.95. The van der Waals surface area contributed by atoms with E-state index in [1.807, 2.05) is 6.07 Å². The van der Waals surface area contributed by atoms with Crippen molar-refractivity contribution in [1.29, 1.82) is 0 Å². The Morgan fingerprint density at radius 1 is 1.17 bits per heavy atom. The quantitative estimate of drug-likeness (QED) is 0.668. The monoisotopic (exact) mass is 343 g/mol. The van der Waals surface area contributed by atoms with Gasteiger partial charge in [0.25, 0.3) is 5.91 Å². The molecule has 0 unspecified atom stereocenters. The van der Waals surface area contributed by atoms with E-state index in [9.17, 15) is 9.18 Å². The number of hydrogen-bond acceptors (Lipinski definition) is 5. The molecule has 0 spiro atoms. The van der Waals surface area contributed by atoms with Crippen molar-refractivity contribution in [2.45, 2.75) is 11.8 Å². The fourth-order valence-electron chi connectivity index (χ4n) is 1.96. The molecule has 0 fully saturated rings. The second-order valence-electron chi connectivity index (χ2n) is 4.99. The highest BCUT2D eigenvalue weighted by atomic mass is 32.2. The third kappa shape index (κ3) is 3.94. The third-order valence-corrected chi connectivity index (χ3v) is 3.92. The van der Waals surface area contributed by atoms with Gasteiger partial charge in [0.15, 0.2) is 5.69 Å². The minimum absolute atomic E-state index is 0.218. The van der Waals surface area contributed by atoms with Gasteiger partial charge in [-0.15, -0.1) is 0 Å². The molecule has 2 aromatic carbocycles. The van der Waals surface area contributed by atoms with Crippen molar-refractivity contribution in [3.8, 4) is 0 Å². The van der Waals surface area contributed by atoms with Gasteiger partial charge in [0.05, 0.1) is 5.69 Å². The second kappa shape index (κ2) is 7.18. The average molecular weight is 343 g/mol. The van der Waals surface area contributed by atoms with Crippen LogP contribution in [0.15, 0.2) is 64.0 Å². The van der Waals surface area contributed by atoms with Crippen LogP contribution in [-0.2, 0) is 0 Å². The van der Waals surface area contributed by atoms with Crippen LogP contribution in [0.4, 0.5) is 15.8 Å². The fourth-order valence-corrected chi connectivity index (χ4v) is 2.69. The Hall–Kier alpha value is -2.80. The molecular weight excluding hydrogens is 329 g/mol. The van der Waals surface area contributed by atoms with Gasteiger partial charge in [-0.05, 0) is 49.2 Å². The molecule has 2 N–H and O–H groups in total. The molecule has 7 heteroatoms. The Balaban J connectivity index is 1.66. The Bertz CT molecular complexity index is 866. The Labute approximate surface area is 142 Å². The first-order chi connectivity index (χ1) is 11.6. The maximum Gasteiger partial charge on any atom is 0.277 e. The lowest BCUT2D eigenvalue weighted by atomic mass is 10.3. The van der Waals surface area contributed by atoms with Gasteiger partial charge in [-0.1, -0.05) is 23.4 Å². The van der Waals surface area contributed by atoms with E-state index >= 15 is 0 Å². The summed E-state index contributed by atoms with van der Waals surface area (Å²) in [6, 6.07) is 15.2. The van der Waals surface area contributed by atoms with E-state index in [1.54, 1.807) is 49.4 Å². The molecule has 0 aliphatic carbocycles. The Kier molecular flexibility index (Phi) is 4.81. The van der Waals surface area contributed by atoms with Crippen molar-refractivity contribution in [2.24, 2.45) is 0 Å². The second-order valence-corrected chi connectivity index (χ2v) is 5.87. The number of benzene rings is 2. The van der Waals surface area contributed by atoms with E-state index in [-0.39, 0.29) is 17.4 Å². The van der Waals surface area contributed by atoms with Gasteiger partial charge in [0, 0.05) is 16.6 Å². The number of anilines is 2. The molecule has 24 heavy (non-hydrogen) atoms. The number of carbonyl (C=O) groups is 1. The molecule has 0 saturated carbocycles. The highest BCUT2D eigenvalue weighted by molar-refractivity contribution is 8.00. The number of nitrogens with one attached hydrogen (secondary N) is 2. The lowest BCUT2D eigenvalue weighted by Crippen LogP contribution is -2.12. The number of carbonyl (C=O) groups excluding carboxylic acids is 1. The molecular formula is C17H14FN3O2S. The van der Waals surface area contributed by atoms with E-state index in [2.05, 4.69) is 15.2 Å². The van der Waals surface area contributed by atoms with Crippen molar-refractivity contribution in [1.82, 2.24) is 5.16 Å². The predicted octanol–water partition coefficient (Wildman–Crippen LogP) is 4.49. The molecule has 0 atom stereocenters. The van der Waals surface area contributed by atoms with Crippen LogP contribution in [0, 0.1) is 12.7 Å². The summed E-state index contributed by atoms with van der Waals surface area (Å²) in [5, 5.41) is 6.42. The maximum atomic E-state index is 13.6. The normalized spacial score (nSPS) is 10.4. The van der Waals surface area contributed by atoms with Crippen LogP contribution in [0.1, 0.15) is 16.2 Å². The van der Waals surface area contributed by atoms with E-state index in [0.29, 0.717) is 17.1 Å². The minimum atomic E-state index is -0.351. The number of rotatable bonds is 5. The molecule has 3 aromatic rings. The molecule has 0 aliphatic heterocycles. The first kappa shape index (κ1) is 16.1. The molecule has 0 saturated heterocycles. The zero-order valence-corrected chi connectivity index (χ0v) is 13.6. The van der Waals surface area contributed by atoms with Crippen molar-refractivity contribution < 1.29 is 13.7 Å². The summed E-state index contributed by atoms with van der Waals surface area (Å²) >= 11 is 1.25. The maximum absolute atomic E-state index is 13.6. The van der Waals surface area contributed by atoms with E-state index in [0.717, 1.165) is 4.90 Å². The van der Waals surface area contributed by atoms with Crippen LogP contribution < -0.4 is 10.0 Å². The number of aromatic nitrogens is 1. The molecule has 0 aliphatic rings. The van der Waals surface area contributed by atoms with Crippen LogP contribution in [0.25, 0.3) is 0 Å². The number of para-hydroxylation sites is 1. The minimum Gasteiger partial charge on any atom is -0.361 e. The highest BCUT2D eigenvalue weighted by Gasteiger charge is 2.11. The number of hydrogen-bond donors (Lipinski definition) is 2. The van der Waals surface area contributed by atoms with Gasteiger partial charge in [-0.2, -0.15) is 0 Å². The molecule has 5 nitrogen and oxygen atoms in total. The molecule has 1 heterocycles. The van der Waals surface area contributed by atoms with Crippen LogP contribution >= 0.6 is 11.9 Å². The predicted molar refractivity (Wildman–Crippen MR) is 91.5 cm³/mol. The molecule has 122 valence electrons. The summed E-state index contributed by atoms with van der Waals surface area (Å²) in [6.45, 7) is 1.72. The van der Waals surface area contributed by atoms with Crippen LogP contribution in [-0.4, -0.2) is 11.1 Å². The van der Waals surface area contributed by atoms with Gasteiger partial charge in [0.2, 0.25) is 0 Å². The SMILES string of the molecule is Cc1cc(C(=O)Nc2cccc(SNc3ccccc3F)c2)no1. The summed E-state index contributed by atoms with van der Waals surface area (Å²) in [4.78, 5) is 12.9. The van der Waals surface area contributed by atoms with Gasteiger partial charge >= 0.3 is 0 Å². The summed E-state index contributed by atoms with van der Waals surface area (Å²) in [7, 11) is 0. The van der Waals surface area contributed by atoms with Crippen LogP contribution in [0.5, 0.6) is 0 Å². The molecule has 3 rings (SSSR count).